The molecule has 3 nitrogen and oxygen atoms in total. The summed E-state index contributed by atoms with van der Waals surface area (Å²) in [5, 5.41) is 8.64. The third kappa shape index (κ3) is 4.13. The van der Waals surface area contributed by atoms with E-state index in [0.29, 0.717) is 10.1 Å². The Morgan fingerprint density at radius 1 is 1.50 bits per heavy atom. The number of aliphatic carboxylic acids is 1. The van der Waals surface area contributed by atoms with Crippen molar-refractivity contribution >= 4 is 5.97 Å². The highest BCUT2D eigenvalue weighted by atomic mass is 16.4. The first kappa shape index (κ1) is 11.2. The summed E-state index contributed by atoms with van der Waals surface area (Å²) in [6.45, 7) is 4.67. The predicted molar refractivity (Wildman–Crippen MR) is 48.7 cm³/mol. The molecule has 3 heteroatoms. The molecule has 12 heavy (non-hydrogen) atoms. The van der Waals surface area contributed by atoms with Gasteiger partial charge in [-0.25, -0.2) is 4.79 Å². The lowest BCUT2D eigenvalue weighted by Crippen LogP contribution is -2.34. The normalized spacial score (nSPS) is 13.2. The summed E-state index contributed by atoms with van der Waals surface area (Å²) in [6.07, 6.45) is 2.82. The standard InChI is InChI=1S/C9H17NO2/c1-5-6-10(3,4)7-8(2)9(11)12/h7H,5-6H2,1-4H3/p+1. The molecule has 0 spiro atoms. The topological polar surface area (TPSA) is 37.3 Å². The van der Waals surface area contributed by atoms with Crippen LogP contribution >= 0.6 is 0 Å². The Morgan fingerprint density at radius 3 is 2.33 bits per heavy atom. The van der Waals surface area contributed by atoms with Crippen molar-refractivity contribution in [1.29, 1.82) is 0 Å². The van der Waals surface area contributed by atoms with E-state index in [2.05, 4.69) is 6.92 Å². The van der Waals surface area contributed by atoms with Gasteiger partial charge >= 0.3 is 5.97 Å². The molecule has 0 aliphatic rings. The molecule has 0 heterocycles. The van der Waals surface area contributed by atoms with Crippen LogP contribution in [-0.4, -0.2) is 36.2 Å². The molecule has 0 aliphatic heterocycles. The van der Waals surface area contributed by atoms with E-state index in [1.54, 1.807) is 13.1 Å². The third-order valence-electron chi connectivity index (χ3n) is 1.68. The van der Waals surface area contributed by atoms with E-state index in [4.69, 9.17) is 5.11 Å². The van der Waals surface area contributed by atoms with Gasteiger partial charge in [-0.2, -0.15) is 0 Å². The van der Waals surface area contributed by atoms with E-state index >= 15 is 0 Å². The Hall–Kier alpha value is -0.830. The lowest BCUT2D eigenvalue weighted by Gasteiger charge is -2.24. The second kappa shape index (κ2) is 4.26. The van der Waals surface area contributed by atoms with Crippen molar-refractivity contribution in [2.24, 2.45) is 0 Å². The van der Waals surface area contributed by atoms with Crippen LogP contribution in [0.3, 0.4) is 0 Å². The number of hydrogen-bond acceptors (Lipinski definition) is 1. The van der Waals surface area contributed by atoms with Gasteiger partial charge in [-0.3, -0.25) is 0 Å². The molecular formula is C9H18NO2+. The minimum atomic E-state index is -0.836. The van der Waals surface area contributed by atoms with Crippen LogP contribution in [0.15, 0.2) is 11.8 Å². The lowest BCUT2D eigenvalue weighted by atomic mass is 10.3. The summed E-state index contributed by atoms with van der Waals surface area (Å²) in [4.78, 5) is 10.5. The maximum atomic E-state index is 10.5. The zero-order valence-corrected chi connectivity index (χ0v) is 8.29. The summed E-state index contributed by atoms with van der Waals surface area (Å²) in [7, 11) is 3.99. The summed E-state index contributed by atoms with van der Waals surface area (Å²) >= 11 is 0. The van der Waals surface area contributed by atoms with Crippen molar-refractivity contribution in [2.75, 3.05) is 20.6 Å². The van der Waals surface area contributed by atoms with Crippen molar-refractivity contribution in [3.8, 4) is 0 Å². The molecule has 0 amide bonds. The van der Waals surface area contributed by atoms with Gasteiger partial charge in [0, 0.05) is 0 Å². The number of carbonyl (C=O) groups is 1. The van der Waals surface area contributed by atoms with E-state index in [1.165, 1.54) is 0 Å². The number of rotatable bonds is 4. The largest absolute Gasteiger partial charge is 0.478 e. The van der Waals surface area contributed by atoms with Crippen molar-refractivity contribution in [2.45, 2.75) is 20.3 Å². The van der Waals surface area contributed by atoms with Crippen LogP contribution in [0.5, 0.6) is 0 Å². The second-order valence-electron chi connectivity index (χ2n) is 3.62. The van der Waals surface area contributed by atoms with E-state index in [0.717, 1.165) is 13.0 Å². The zero-order valence-electron chi connectivity index (χ0n) is 8.29. The highest BCUT2D eigenvalue weighted by Gasteiger charge is 2.13. The first-order valence-corrected chi connectivity index (χ1v) is 4.14. The van der Waals surface area contributed by atoms with Crippen LogP contribution in [0.1, 0.15) is 20.3 Å². The number of quaternary nitrogens is 1. The third-order valence-corrected chi connectivity index (χ3v) is 1.68. The van der Waals surface area contributed by atoms with E-state index in [9.17, 15) is 4.79 Å². The van der Waals surface area contributed by atoms with Crippen LogP contribution in [0.4, 0.5) is 0 Å². The summed E-state index contributed by atoms with van der Waals surface area (Å²) in [5.74, 6) is -0.836. The minimum Gasteiger partial charge on any atom is -0.478 e. The highest BCUT2D eigenvalue weighted by molar-refractivity contribution is 5.85. The van der Waals surface area contributed by atoms with Crippen LogP contribution in [-0.2, 0) is 4.79 Å². The van der Waals surface area contributed by atoms with Gasteiger partial charge < -0.3 is 9.59 Å². The Morgan fingerprint density at radius 2 is 2.00 bits per heavy atom. The Kier molecular flexibility index (Phi) is 3.96. The molecule has 0 radical (unpaired) electrons. The second-order valence-corrected chi connectivity index (χ2v) is 3.62. The monoisotopic (exact) mass is 172 g/mol. The van der Waals surface area contributed by atoms with Crippen LogP contribution in [0.25, 0.3) is 0 Å². The van der Waals surface area contributed by atoms with Crippen molar-refractivity contribution in [3.63, 3.8) is 0 Å². The predicted octanol–water partition coefficient (Wildman–Crippen LogP) is 1.46. The molecule has 0 unspecified atom stereocenters. The molecule has 0 bridgehead atoms. The number of carboxylic acid groups (broad SMARTS) is 1. The SMILES string of the molecule is CCC[N+](C)(C)C=C(C)C(=O)O. The number of nitrogens with zero attached hydrogens (tertiary/aromatic N) is 1. The zero-order chi connectivity index (χ0) is 9.78. The molecule has 0 aromatic heterocycles. The van der Waals surface area contributed by atoms with Crippen LogP contribution < -0.4 is 0 Å². The fourth-order valence-electron chi connectivity index (χ4n) is 1.22. The number of carboxylic acids is 1. The quantitative estimate of drug-likeness (QED) is 0.515. The van der Waals surface area contributed by atoms with Gasteiger partial charge in [-0.1, -0.05) is 6.92 Å². The highest BCUT2D eigenvalue weighted by Crippen LogP contribution is 2.04. The summed E-state index contributed by atoms with van der Waals surface area (Å²) in [6, 6.07) is 0. The van der Waals surface area contributed by atoms with Crippen LogP contribution in [0.2, 0.25) is 0 Å². The molecular weight excluding hydrogens is 154 g/mol. The van der Waals surface area contributed by atoms with E-state index < -0.39 is 5.97 Å². The first-order valence-electron chi connectivity index (χ1n) is 4.14. The molecule has 0 aromatic carbocycles. The lowest BCUT2D eigenvalue weighted by molar-refractivity contribution is -0.839. The molecule has 0 atom stereocenters. The Balaban J connectivity index is 4.38. The van der Waals surface area contributed by atoms with Crippen molar-refractivity contribution in [3.05, 3.63) is 11.8 Å². The molecule has 70 valence electrons. The van der Waals surface area contributed by atoms with Crippen molar-refractivity contribution < 1.29 is 14.4 Å². The molecule has 0 fully saturated rings. The maximum absolute atomic E-state index is 10.5. The van der Waals surface area contributed by atoms with Gasteiger partial charge in [0.05, 0.1) is 26.2 Å². The Labute approximate surface area is 73.9 Å². The van der Waals surface area contributed by atoms with Crippen LogP contribution in [0, 0.1) is 0 Å². The summed E-state index contributed by atoms with van der Waals surface area (Å²) < 4.78 is 0.634. The van der Waals surface area contributed by atoms with Gasteiger partial charge in [0.15, 0.2) is 0 Å². The van der Waals surface area contributed by atoms with E-state index in [1.807, 2.05) is 14.1 Å². The fraction of sp³-hybridized carbons (Fsp3) is 0.667. The van der Waals surface area contributed by atoms with E-state index in [-0.39, 0.29) is 0 Å². The molecule has 0 aliphatic carbocycles. The van der Waals surface area contributed by atoms with Gasteiger partial charge in [0.2, 0.25) is 0 Å². The number of hydrogen-bond donors (Lipinski definition) is 1. The molecule has 1 N–H and O–H groups in total. The molecule has 0 rings (SSSR count). The maximum Gasteiger partial charge on any atom is 0.336 e. The van der Waals surface area contributed by atoms with Gasteiger partial charge in [-0.05, 0) is 13.3 Å². The fourth-order valence-corrected chi connectivity index (χ4v) is 1.22. The van der Waals surface area contributed by atoms with Gasteiger partial charge in [0.25, 0.3) is 0 Å². The van der Waals surface area contributed by atoms with Gasteiger partial charge in [0.1, 0.15) is 6.20 Å². The molecule has 0 saturated carbocycles. The molecule has 0 aromatic rings. The Bertz CT molecular complexity index is 195. The molecule has 0 saturated heterocycles. The van der Waals surface area contributed by atoms with Gasteiger partial charge in [-0.15, -0.1) is 0 Å². The average molecular weight is 172 g/mol. The minimum absolute atomic E-state index is 0.411. The smallest absolute Gasteiger partial charge is 0.336 e. The average Bonchev–Trinajstić information content (AvgIpc) is 1.85. The first-order chi connectivity index (χ1) is 5.39. The van der Waals surface area contributed by atoms with Crippen molar-refractivity contribution in [1.82, 2.24) is 0 Å². The summed E-state index contributed by atoms with van der Waals surface area (Å²) in [5.41, 5.74) is 0.411.